The smallest absolute Gasteiger partial charge is 0.260 e. The topological polar surface area (TPSA) is 72.7 Å². The number of amides is 1. The van der Waals surface area contributed by atoms with Gasteiger partial charge in [-0.25, -0.2) is 19.3 Å². The van der Waals surface area contributed by atoms with Crippen molar-refractivity contribution in [3.05, 3.63) is 59.2 Å². The first-order valence-corrected chi connectivity index (χ1v) is 9.19. The van der Waals surface area contributed by atoms with Gasteiger partial charge in [-0.2, -0.15) is 0 Å². The molecule has 0 bridgehead atoms. The van der Waals surface area contributed by atoms with Gasteiger partial charge in [0.2, 0.25) is 5.95 Å². The van der Waals surface area contributed by atoms with Crippen LogP contribution in [0.3, 0.4) is 0 Å². The van der Waals surface area contributed by atoms with Crippen LogP contribution in [-0.4, -0.2) is 25.4 Å². The lowest BCUT2D eigenvalue weighted by Gasteiger charge is -2.11. The highest BCUT2D eigenvalue weighted by Gasteiger charge is 2.19. The Morgan fingerprint density at radius 3 is 2.61 bits per heavy atom. The summed E-state index contributed by atoms with van der Waals surface area (Å²) in [7, 11) is 0. The number of para-hydroxylation sites is 2. The van der Waals surface area contributed by atoms with Gasteiger partial charge in [0.15, 0.2) is 0 Å². The second-order valence-corrected chi connectivity index (χ2v) is 6.75. The molecule has 28 heavy (non-hydrogen) atoms. The van der Waals surface area contributed by atoms with Crippen LogP contribution in [0.5, 0.6) is 0 Å². The summed E-state index contributed by atoms with van der Waals surface area (Å²) < 4.78 is 16.1. The van der Waals surface area contributed by atoms with Crippen molar-refractivity contribution >= 4 is 33.9 Å². The van der Waals surface area contributed by atoms with Gasteiger partial charge in [-0.1, -0.05) is 19.1 Å². The van der Waals surface area contributed by atoms with Gasteiger partial charge in [0.1, 0.15) is 11.3 Å². The second-order valence-electron chi connectivity index (χ2n) is 6.75. The van der Waals surface area contributed by atoms with E-state index in [2.05, 4.69) is 27.2 Å². The first kappa shape index (κ1) is 18.0. The van der Waals surface area contributed by atoms with Crippen molar-refractivity contribution in [2.75, 3.05) is 5.32 Å². The molecule has 0 unspecified atom stereocenters. The van der Waals surface area contributed by atoms with Gasteiger partial charge >= 0.3 is 0 Å². The number of hydrogen-bond donors (Lipinski definition) is 1. The number of carbonyl (C=O) groups is 1. The molecule has 0 aliphatic rings. The maximum absolute atomic E-state index is 14.1. The Bertz CT molecular complexity index is 1210. The first-order valence-electron chi connectivity index (χ1n) is 9.19. The van der Waals surface area contributed by atoms with Crippen molar-refractivity contribution in [1.82, 2.24) is 19.5 Å². The molecule has 142 valence electrons. The van der Waals surface area contributed by atoms with E-state index in [9.17, 15) is 9.18 Å². The summed E-state index contributed by atoms with van der Waals surface area (Å²) in [5.41, 5.74) is 4.01. The van der Waals surface area contributed by atoms with Crippen molar-refractivity contribution in [1.29, 1.82) is 0 Å². The highest BCUT2D eigenvalue weighted by atomic mass is 19.1. The third-order valence-corrected chi connectivity index (χ3v) is 4.72. The molecule has 0 aliphatic heterocycles. The van der Waals surface area contributed by atoms with Crippen LogP contribution in [0.1, 0.15) is 35.1 Å². The van der Waals surface area contributed by atoms with Crippen LogP contribution >= 0.6 is 0 Å². The summed E-state index contributed by atoms with van der Waals surface area (Å²) in [5, 5.41) is 2.83. The number of benzene rings is 2. The molecular weight excluding hydrogens is 357 g/mol. The summed E-state index contributed by atoms with van der Waals surface area (Å²) in [5.74, 6) is -0.561. The molecule has 1 N–H and O–H groups in total. The number of fused-ring (bicyclic) bond motifs is 2. The quantitative estimate of drug-likeness (QED) is 0.572. The van der Waals surface area contributed by atoms with Crippen molar-refractivity contribution in [3.8, 4) is 0 Å². The summed E-state index contributed by atoms with van der Waals surface area (Å²) in [6, 6.07) is 10.2. The molecule has 2 aromatic heterocycles. The van der Waals surface area contributed by atoms with E-state index >= 15 is 0 Å². The number of nitrogens with one attached hydrogen (secondary N) is 1. The highest BCUT2D eigenvalue weighted by molar-refractivity contribution is 6.11. The second kappa shape index (κ2) is 6.99. The fourth-order valence-corrected chi connectivity index (χ4v) is 3.26. The van der Waals surface area contributed by atoms with E-state index in [-0.39, 0.29) is 5.56 Å². The third-order valence-electron chi connectivity index (χ3n) is 4.72. The zero-order valence-electron chi connectivity index (χ0n) is 16.0. The lowest BCUT2D eigenvalue weighted by Crippen LogP contribution is -2.17. The molecule has 0 radical (unpaired) electrons. The van der Waals surface area contributed by atoms with Crippen LogP contribution in [-0.2, 0) is 6.54 Å². The number of rotatable bonds is 4. The standard InChI is InChI=1S/C21H20FN5O/c1-4-9-27-18-8-6-5-7-16(18)25-21(27)26-20(28)15-10-14(22)11-17-19(15)24-13(3)12(2)23-17/h5-8,10-11H,4,9H2,1-3H3,(H,25,26,28). The van der Waals surface area contributed by atoms with Crippen LogP contribution in [0.2, 0.25) is 0 Å². The average Bonchev–Trinajstić information content (AvgIpc) is 3.00. The third kappa shape index (κ3) is 3.09. The molecule has 1 amide bonds. The minimum absolute atomic E-state index is 0.140. The molecule has 0 aliphatic carbocycles. The van der Waals surface area contributed by atoms with Gasteiger partial charge in [-0.15, -0.1) is 0 Å². The zero-order valence-corrected chi connectivity index (χ0v) is 16.0. The fourth-order valence-electron chi connectivity index (χ4n) is 3.26. The molecule has 7 heteroatoms. The Hall–Kier alpha value is -3.35. The van der Waals surface area contributed by atoms with Gasteiger partial charge in [-0.05, 0) is 38.5 Å². The fraction of sp³-hybridized carbons (Fsp3) is 0.238. The summed E-state index contributed by atoms with van der Waals surface area (Å²) in [4.78, 5) is 26.4. The summed E-state index contributed by atoms with van der Waals surface area (Å²) in [6.45, 7) is 6.38. The van der Waals surface area contributed by atoms with Crippen molar-refractivity contribution in [2.24, 2.45) is 0 Å². The van der Waals surface area contributed by atoms with E-state index in [0.29, 0.717) is 34.9 Å². The Morgan fingerprint density at radius 2 is 1.82 bits per heavy atom. The molecule has 4 rings (SSSR count). The predicted molar refractivity (Wildman–Crippen MR) is 107 cm³/mol. The van der Waals surface area contributed by atoms with Crippen LogP contribution in [0, 0.1) is 19.7 Å². The van der Waals surface area contributed by atoms with Gasteiger partial charge < -0.3 is 4.57 Å². The molecule has 0 saturated carbocycles. The number of nitrogens with zero attached hydrogens (tertiary/aromatic N) is 4. The highest BCUT2D eigenvalue weighted by Crippen LogP contribution is 2.23. The minimum Gasteiger partial charge on any atom is -0.310 e. The Balaban J connectivity index is 1.80. The molecular formula is C21H20FN5O. The van der Waals surface area contributed by atoms with Gasteiger partial charge in [-0.3, -0.25) is 10.1 Å². The molecule has 2 aromatic carbocycles. The van der Waals surface area contributed by atoms with E-state index in [1.807, 2.05) is 35.8 Å². The number of aryl methyl sites for hydroxylation is 3. The van der Waals surface area contributed by atoms with E-state index < -0.39 is 11.7 Å². The predicted octanol–water partition coefficient (Wildman–Crippen LogP) is 4.40. The first-order chi connectivity index (χ1) is 13.5. The van der Waals surface area contributed by atoms with Crippen LogP contribution < -0.4 is 5.32 Å². The molecule has 4 aromatic rings. The van der Waals surface area contributed by atoms with Crippen LogP contribution in [0.4, 0.5) is 10.3 Å². The van der Waals surface area contributed by atoms with Crippen molar-refractivity contribution < 1.29 is 9.18 Å². The van der Waals surface area contributed by atoms with Gasteiger partial charge in [0.25, 0.3) is 5.91 Å². The molecule has 0 saturated heterocycles. The molecule has 6 nitrogen and oxygen atoms in total. The number of anilines is 1. The van der Waals surface area contributed by atoms with E-state index in [0.717, 1.165) is 17.5 Å². The van der Waals surface area contributed by atoms with Crippen LogP contribution in [0.25, 0.3) is 22.1 Å². The Labute approximate surface area is 161 Å². The maximum Gasteiger partial charge on any atom is 0.260 e. The lowest BCUT2D eigenvalue weighted by atomic mass is 10.1. The molecule has 2 heterocycles. The van der Waals surface area contributed by atoms with Crippen molar-refractivity contribution in [3.63, 3.8) is 0 Å². The minimum atomic E-state index is -0.530. The van der Waals surface area contributed by atoms with Gasteiger partial charge in [0.05, 0.1) is 33.5 Å². The number of halogens is 1. The number of carbonyl (C=O) groups excluding carboxylic acids is 1. The Kier molecular flexibility index (Phi) is 4.50. The van der Waals surface area contributed by atoms with E-state index in [1.54, 1.807) is 6.92 Å². The number of hydrogen-bond acceptors (Lipinski definition) is 4. The summed E-state index contributed by atoms with van der Waals surface area (Å²) >= 11 is 0. The average molecular weight is 377 g/mol. The number of aromatic nitrogens is 4. The van der Waals surface area contributed by atoms with Crippen LogP contribution in [0.15, 0.2) is 36.4 Å². The summed E-state index contributed by atoms with van der Waals surface area (Å²) in [6.07, 6.45) is 0.885. The molecule has 0 fully saturated rings. The van der Waals surface area contributed by atoms with Gasteiger partial charge in [0, 0.05) is 12.6 Å². The normalized spacial score (nSPS) is 11.3. The largest absolute Gasteiger partial charge is 0.310 e. The Morgan fingerprint density at radius 1 is 1.07 bits per heavy atom. The number of imidazole rings is 1. The molecule has 0 spiro atoms. The van der Waals surface area contributed by atoms with E-state index in [1.165, 1.54) is 12.1 Å². The van der Waals surface area contributed by atoms with E-state index in [4.69, 9.17) is 0 Å². The monoisotopic (exact) mass is 377 g/mol. The molecule has 0 atom stereocenters. The zero-order chi connectivity index (χ0) is 19.8. The maximum atomic E-state index is 14.1. The SMILES string of the molecule is CCCn1c(NC(=O)c2cc(F)cc3nc(C)c(C)nc23)nc2ccccc21. The lowest BCUT2D eigenvalue weighted by molar-refractivity contribution is 0.102. The van der Waals surface area contributed by atoms with Crippen molar-refractivity contribution in [2.45, 2.75) is 33.7 Å².